The van der Waals surface area contributed by atoms with Crippen LogP contribution in [-0.4, -0.2) is 29.2 Å². The molecule has 100 valence electrons. The SMILES string of the molecule is OCCC1CCCCN1Cc1ccc(Br)cc1F. The molecule has 0 saturated carbocycles. The lowest BCUT2D eigenvalue weighted by molar-refractivity contribution is 0.111. The summed E-state index contributed by atoms with van der Waals surface area (Å²) in [6.45, 7) is 1.86. The monoisotopic (exact) mass is 315 g/mol. The molecule has 4 heteroatoms. The standard InChI is InChI=1S/C14H19BrFNO/c15-12-5-4-11(14(16)9-12)10-17-7-2-1-3-13(17)6-8-18/h4-5,9,13,18H,1-3,6-8,10H2. The van der Waals surface area contributed by atoms with E-state index in [2.05, 4.69) is 20.8 Å². The molecule has 1 fully saturated rings. The van der Waals surface area contributed by atoms with Crippen molar-refractivity contribution in [2.24, 2.45) is 0 Å². The second-order valence-corrected chi connectivity index (χ2v) is 5.78. The van der Waals surface area contributed by atoms with Crippen LogP contribution in [0, 0.1) is 5.82 Å². The molecule has 0 radical (unpaired) electrons. The number of aliphatic hydroxyl groups excluding tert-OH is 1. The average molecular weight is 316 g/mol. The van der Waals surface area contributed by atoms with E-state index in [1.165, 1.54) is 18.9 Å². The zero-order chi connectivity index (χ0) is 13.0. The van der Waals surface area contributed by atoms with Gasteiger partial charge < -0.3 is 5.11 Å². The van der Waals surface area contributed by atoms with Crippen molar-refractivity contribution in [1.29, 1.82) is 0 Å². The van der Waals surface area contributed by atoms with Gasteiger partial charge in [-0.1, -0.05) is 28.4 Å². The largest absolute Gasteiger partial charge is 0.396 e. The van der Waals surface area contributed by atoms with Crippen LogP contribution in [0.2, 0.25) is 0 Å². The molecule has 1 aromatic rings. The molecule has 0 amide bonds. The van der Waals surface area contributed by atoms with Crippen LogP contribution >= 0.6 is 15.9 Å². The molecule has 1 heterocycles. The highest BCUT2D eigenvalue weighted by Gasteiger charge is 2.22. The van der Waals surface area contributed by atoms with E-state index >= 15 is 0 Å². The van der Waals surface area contributed by atoms with Gasteiger partial charge >= 0.3 is 0 Å². The van der Waals surface area contributed by atoms with Crippen molar-refractivity contribution >= 4 is 15.9 Å². The molecule has 2 rings (SSSR count). The Morgan fingerprint density at radius 1 is 1.39 bits per heavy atom. The molecular formula is C14H19BrFNO. The van der Waals surface area contributed by atoms with Gasteiger partial charge in [-0.3, -0.25) is 4.90 Å². The van der Waals surface area contributed by atoms with Crippen molar-refractivity contribution in [3.8, 4) is 0 Å². The van der Waals surface area contributed by atoms with E-state index in [1.807, 2.05) is 12.1 Å². The Morgan fingerprint density at radius 2 is 2.22 bits per heavy atom. The Kier molecular flexibility index (Phi) is 5.15. The van der Waals surface area contributed by atoms with Crippen molar-refractivity contribution in [1.82, 2.24) is 4.90 Å². The summed E-state index contributed by atoms with van der Waals surface area (Å²) in [4.78, 5) is 2.30. The fourth-order valence-electron chi connectivity index (χ4n) is 2.61. The Balaban J connectivity index is 2.06. The van der Waals surface area contributed by atoms with E-state index in [0.29, 0.717) is 12.6 Å². The summed E-state index contributed by atoms with van der Waals surface area (Å²) in [5, 5.41) is 9.09. The number of rotatable bonds is 4. The van der Waals surface area contributed by atoms with Crippen molar-refractivity contribution in [2.75, 3.05) is 13.2 Å². The van der Waals surface area contributed by atoms with Gasteiger partial charge in [-0.15, -0.1) is 0 Å². The summed E-state index contributed by atoms with van der Waals surface area (Å²) in [5.41, 5.74) is 0.739. The minimum atomic E-state index is -0.155. The molecule has 1 saturated heterocycles. The molecule has 18 heavy (non-hydrogen) atoms. The van der Waals surface area contributed by atoms with Crippen molar-refractivity contribution in [2.45, 2.75) is 38.3 Å². The summed E-state index contributed by atoms with van der Waals surface area (Å²) in [6, 6.07) is 5.63. The Morgan fingerprint density at radius 3 is 2.94 bits per heavy atom. The van der Waals surface area contributed by atoms with Gasteiger partial charge in [0.1, 0.15) is 5.82 Å². The molecule has 1 aliphatic heterocycles. The van der Waals surface area contributed by atoms with Gasteiger partial charge in [-0.2, -0.15) is 0 Å². The first-order valence-corrected chi connectivity index (χ1v) is 7.29. The molecule has 0 aliphatic carbocycles. The third kappa shape index (κ3) is 3.53. The number of halogens is 2. The first-order valence-electron chi connectivity index (χ1n) is 6.49. The molecule has 1 aromatic carbocycles. The van der Waals surface area contributed by atoms with Crippen LogP contribution in [0.4, 0.5) is 4.39 Å². The molecule has 0 aromatic heterocycles. The third-order valence-corrected chi connectivity index (χ3v) is 4.09. The maximum atomic E-state index is 13.8. The topological polar surface area (TPSA) is 23.5 Å². The lowest BCUT2D eigenvalue weighted by atomic mass is 9.99. The smallest absolute Gasteiger partial charge is 0.128 e. The van der Waals surface area contributed by atoms with Gasteiger partial charge in [0.15, 0.2) is 0 Å². The fraction of sp³-hybridized carbons (Fsp3) is 0.571. The molecule has 0 spiro atoms. The first kappa shape index (κ1) is 14.0. The Hall–Kier alpha value is -0.450. The lowest BCUT2D eigenvalue weighted by Crippen LogP contribution is -2.39. The van der Waals surface area contributed by atoms with Gasteiger partial charge in [0.2, 0.25) is 0 Å². The molecule has 0 bridgehead atoms. The molecule has 1 N–H and O–H groups in total. The zero-order valence-electron chi connectivity index (χ0n) is 10.4. The molecular weight excluding hydrogens is 297 g/mol. The van der Waals surface area contributed by atoms with E-state index in [4.69, 9.17) is 5.11 Å². The number of hydrogen-bond acceptors (Lipinski definition) is 2. The summed E-state index contributed by atoms with van der Waals surface area (Å²) >= 11 is 3.27. The highest BCUT2D eigenvalue weighted by Crippen LogP contribution is 2.23. The van der Waals surface area contributed by atoms with Crippen LogP contribution in [0.15, 0.2) is 22.7 Å². The van der Waals surface area contributed by atoms with Gasteiger partial charge in [0, 0.05) is 29.2 Å². The lowest BCUT2D eigenvalue weighted by Gasteiger charge is -2.35. The van der Waals surface area contributed by atoms with Gasteiger partial charge in [-0.05, 0) is 37.9 Å². The molecule has 1 atom stereocenters. The Bertz CT molecular complexity index is 397. The van der Waals surface area contributed by atoms with E-state index in [1.54, 1.807) is 0 Å². The minimum Gasteiger partial charge on any atom is -0.396 e. The van der Waals surface area contributed by atoms with E-state index < -0.39 is 0 Å². The van der Waals surface area contributed by atoms with Crippen LogP contribution in [0.25, 0.3) is 0 Å². The van der Waals surface area contributed by atoms with Gasteiger partial charge in [0.05, 0.1) is 0 Å². The van der Waals surface area contributed by atoms with Crippen molar-refractivity contribution in [3.63, 3.8) is 0 Å². The van der Waals surface area contributed by atoms with Gasteiger partial charge in [-0.25, -0.2) is 4.39 Å². The van der Waals surface area contributed by atoms with Gasteiger partial charge in [0.25, 0.3) is 0 Å². The summed E-state index contributed by atoms with van der Waals surface area (Å²) in [5.74, 6) is -0.155. The number of nitrogens with zero attached hydrogens (tertiary/aromatic N) is 1. The van der Waals surface area contributed by atoms with Crippen LogP contribution in [-0.2, 0) is 6.54 Å². The van der Waals surface area contributed by atoms with Crippen LogP contribution in [0.3, 0.4) is 0 Å². The Labute approximate surface area is 116 Å². The van der Waals surface area contributed by atoms with Crippen molar-refractivity contribution < 1.29 is 9.50 Å². The maximum absolute atomic E-state index is 13.8. The number of likely N-dealkylation sites (tertiary alicyclic amines) is 1. The fourth-order valence-corrected chi connectivity index (χ4v) is 2.95. The number of piperidine rings is 1. The third-order valence-electron chi connectivity index (χ3n) is 3.60. The van der Waals surface area contributed by atoms with Crippen LogP contribution in [0.1, 0.15) is 31.2 Å². The van der Waals surface area contributed by atoms with E-state index in [-0.39, 0.29) is 12.4 Å². The van der Waals surface area contributed by atoms with Crippen LogP contribution < -0.4 is 0 Å². The highest BCUT2D eigenvalue weighted by atomic mass is 79.9. The molecule has 1 aliphatic rings. The number of hydrogen-bond donors (Lipinski definition) is 1. The summed E-state index contributed by atoms with van der Waals surface area (Å²) in [6.07, 6.45) is 4.28. The number of benzene rings is 1. The summed E-state index contributed by atoms with van der Waals surface area (Å²) in [7, 11) is 0. The molecule has 2 nitrogen and oxygen atoms in total. The summed E-state index contributed by atoms with van der Waals surface area (Å²) < 4.78 is 14.6. The predicted octanol–water partition coefficient (Wildman–Crippen LogP) is 3.33. The molecule has 1 unspecified atom stereocenters. The average Bonchev–Trinajstić information content (AvgIpc) is 2.35. The predicted molar refractivity (Wildman–Crippen MR) is 73.9 cm³/mol. The van der Waals surface area contributed by atoms with E-state index in [9.17, 15) is 4.39 Å². The quantitative estimate of drug-likeness (QED) is 0.921. The normalized spacial score (nSPS) is 21.2. The second-order valence-electron chi connectivity index (χ2n) is 4.87. The number of aliphatic hydroxyl groups is 1. The highest BCUT2D eigenvalue weighted by molar-refractivity contribution is 9.10. The van der Waals surface area contributed by atoms with E-state index in [0.717, 1.165) is 29.4 Å². The van der Waals surface area contributed by atoms with Crippen molar-refractivity contribution in [3.05, 3.63) is 34.1 Å². The zero-order valence-corrected chi connectivity index (χ0v) is 12.0. The minimum absolute atomic E-state index is 0.155. The maximum Gasteiger partial charge on any atom is 0.128 e. The first-order chi connectivity index (χ1) is 8.70. The second kappa shape index (κ2) is 6.64. The van der Waals surface area contributed by atoms with Crippen LogP contribution in [0.5, 0.6) is 0 Å².